The van der Waals surface area contributed by atoms with Gasteiger partial charge >= 0.3 is 23.8 Å². The van der Waals surface area contributed by atoms with Crippen LogP contribution in [0.4, 0.5) is 17.6 Å². The van der Waals surface area contributed by atoms with Crippen molar-refractivity contribution in [3.05, 3.63) is 0 Å². The Morgan fingerprint density at radius 1 is 1.11 bits per heavy atom. The Hall–Kier alpha value is -1.34. The van der Waals surface area contributed by atoms with Crippen molar-refractivity contribution in [1.82, 2.24) is 0 Å². The third-order valence-corrected chi connectivity index (χ3v) is 2.63. The fourth-order valence-electron chi connectivity index (χ4n) is 1.67. The molecule has 0 saturated heterocycles. The van der Waals surface area contributed by atoms with Gasteiger partial charge in [0.25, 0.3) is 0 Å². The zero-order valence-electron chi connectivity index (χ0n) is 9.30. The minimum absolute atomic E-state index is 0.414. The molecule has 0 amide bonds. The van der Waals surface area contributed by atoms with E-state index in [2.05, 4.69) is 4.74 Å². The van der Waals surface area contributed by atoms with Crippen molar-refractivity contribution in [1.29, 1.82) is 0 Å². The summed E-state index contributed by atoms with van der Waals surface area (Å²) in [6.07, 6.45) is -0.819. The fourth-order valence-corrected chi connectivity index (χ4v) is 1.67. The van der Waals surface area contributed by atoms with Crippen LogP contribution in [-0.2, 0) is 14.3 Å². The standard InChI is InChI=1S/C10H12F4O4/c11-9(12,7(15)16)5-10(13,14)8(17)18-6-3-1-2-4-6/h6H,1-5H2,(H,15,16). The molecule has 8 heteroatoms. The summed E-state index contributed by atoms with van der Waals surface area (Å²) in [5, 5.41) is 8.04. The Kier molecular flexibility index (Phi) is 4.18. The maximum Gasteiger partial charge on any atom is 0.377 e. The first-order valence-electron chi connectivity index (χ1n) is 5.35. The lowest BCUT2D eigenvalue weighted by Crippen LogP contribution is -2.42. The van der Waals surface area contributed by atoms with Gasteiger partial charge in [0.05, 0.1) is 6.42 Å². The number of rotatable bonds is 5. The average molecular weight is 272 g/mol. The summed E-state index contributed by atoms with van der Waals surface area (Å²) in [5.41, 5.74) is 0. The first-order chi connectivity index (χ1) is 8.15. The van der Waals surface area contributed by atoms with E-state index in [9.17, 15) is 27.2 Å². The smallest absolute Gasteiger partial charge is 0.377 e. The van der Waals surface area contributed by atoms with Gasteiger partial charge in [-0.3, -0.25) is 0 Å². The van der Waals surface area contributed by atoms with E-state index in [-0.39, 0.29) is 0 Å². The number of carbonyl (C=O) groups excluding carboxylic acids is 1. The van der Waals surface area contributed by atoms with Gasteiger partial charge in [-0.2, -0.15) is 17.6 Å². The molecular formula is C10H12F4O4. The molecule has 1 N–H and O–H groups in total. The average Bonchev–Trinajstić information content (AvgIpc) is 2.68. The Morgan fingerprint density at radius 3 is 2.06 bits per heavy atom. The van der Waals surface area contributed by atoms with Crippen LogP contribution in [-0.4, -0.2) is 35.0 Å². The summed E-state index contributed by atoms with van der Waals surface area (Å²) in [6, 6.07) is 0. The van der Waals surface area contributed by atoms with Crippen molar-refractivity contribution in [3.63, 3.8) is 0 Å². The molecule has 1 fully saturated rings. The summed E-state index contributed by atoms with van der Waals surface area (Å²) < 4.78 is 55.9. The van der Waals surface area contributed by atoms with Gasteiger partial charge in [0.2, 0.25) is 0 Å². The highest BCUT2D eigenvalue weighted by atomic mass is 19.3. The second-order valence-corrected chi connectivity index (χ2v) is 4.20. The van der Waals surface area contributed by atoms with E-state index in [1.54, 1.807) is 0 Å². The SMILES string of the molecule is O=C(O)C(F)(F)CC(F)(F)C(=O)OC1CCCC1. The molecule has 18 heavy (non-hydrogen) atoms. The van der Waals surface area contributed by atoms with Gasteiger partial charge in [-0.1, -0.05) is 0 Å². The normalized spacial score (nSPS) is 17.8. The van der Waals surface area contributed by atoms with E-state index in [4.69, 9.17) is 5.11 Å². The summed E-state index contributed by atoms with van der Waals surface area (Å²) in [4.78, 5) is 21.1. The molecule has 1 saturated carbocycles. The fraction of sp³-hybridized carbons (Fsp3) is 0.800. The molecule has 0 spiro atoms. The van der Waals surface area contributed by atoms with E-state index in [0.717, 1.165) is 12.8 Å². The van der Waals surface area contributed by atoms with Gasteiger partial charge in [-0.05, 0) is 25.7 Å². The largest absolute Gasteiger partial charge is 0.477 e. The molecule has 1 rings (SSSR count). The molecule has 0 heterocycles. The molecule has 0 unspecified atom stereocenters. The van der Waals surface area contributed by atoms with E-state index < -0.39 is 36.3 Å². The highest BCUT2D eigenvalue weighted by molar-refractivity contribution is 5.81. The summed E-state index contributed by atoms with van der Waals surface area (Å²) in [5.74, 6) is -14.0. The van der Waals surface area contributed by atoms with Gasteiger partial charge in [0, 0.05) is 0 Å². The molecule has 1 aliphatic rings. The molecule has 0 radical (unpaired) electrons. The molecule has 0 atom stereocenters. The predicted molar refractivity (Wildman–Crippen MR) is 50.5 cm³/mol. The number of carboxylic acid groups (broad SMARTS) is 1. The first kappa shape index (κ1) is 14.7. The molecule has 0 aromatic carbocycles. The molecule has 0 aromatic rings. The molecular weight excluding hydrogens is 260 g/mol. The molecule has 104 valence electrons. The van der Waals surface area contributed by atoms with Crippen molar-refractivity contribution in [3.8, 4) is 0 Å². The summed E-state index contributed by atoms with van der Waals surface area (Å²) in [6.45, 7) is 0. The van der Waals surface area contributed by atoms with Crippen molar-refractivity contribution in [2.45, 2.75) is 50.1 Å². The predicted octanol–water partition coefficient (Wildman–Crippen LogP) is 2.22. The first-order valence-corrected chi connectivity index (χ1v) is 5.35. The Bertz CT molecular complexity index is 337. The second-order valence-electron chi connectivity index (χ2n) is 4.20. The Morgan fingerprint density at radius 2 is 1.61 bits per heavy atom. The van der Waals surface area contributed by atoms with Crippen LogP contribution < -0.4 is 0 Å². The quantitative estimate of drug-likeness (QED) is 0.615. The maximum atomic E-state index is 13.1. The van der Waals surface area contributed by atoms with Crippen LogP contribution in [0.5, 0.6) is 0 Å². The van der Waals surface area contributed by atoms with Gasteiger partial charge in [-0.25, -0.2) is 9.59 Å². The topological polar surface area (TPSA) is 63.6 Å². The van der Waals surface area contributed by atoms with Crippen molar-refractivity contribution in [2.24, 2.45) is 0 Å². The number of aliphatic carboxylic acids is 1. The number of alkyl halides is 4. The third-order valence-electron chi connectivity index (χ3n) is 2.63. The zero-order chi connectivity index (χ0) is 14.0. The van der Waals surface area contributed by atoms with Gasteiger partial charge in [0.1, 0.15) is 6.10 Å². The molecule has 0 aliphatic heterocycles. The van der Waals surface area contributed by atoms with Gasteiger partial charge in [0.15, 0.2) is 0 Å². The van der Waals surface area contributed by atoms with E-state index in [1.807, 2.05) is 0 Å². The zero-order valence-corrected chi connectivity index (χ0v) is 9.30. The van der Waals surface area contributed by atoms with E-state index >= 15 is 0 Å². The van der Waals surface area contributed by atoms with E-state index in [0.29, 0.717) is 12.8 Å². The lowest BCUT2D eigenvalue weighted by molar-refractivity contribution is -0.196. The lowest BCUT2D eigenvalue weighted by Gasteiger charge is -2.21. The van der Waals surface area contributed by atoms with Crippen LogP contribution in [0.2, 0.25) is 0 Å². The number of halogens is 4. The number of ether oxygens (including phenoxy) is 1. The number of carbonyl (C=O) groups is 2. The minimum Gasteiger partial charge on any atom is -0.477 e. The minimum atomic E-state index is -4.67. The van der Waals surface area contributed by atoms with Crippen LogP contribution in [0.1, 0.15) is 32.1 Å². The molecule has 1 aliphatic carbocycles. The van der Waals surface area contributed by atoms with E-state index in [1.165, 1.54) is 0 Å². The Labute approximate surface area is 99.9 Å². The number of hydrogen-bond acceptors (Lipinski definition) is 3. The van der Waals surface area contributed by atoms with Crippen LogP contribution in [0.15, 0.2) is 0 Å². The van der Waals surface area contributed by atoms with Crippen LogP contribution >= 0.6 is 0 Å². The molecule has 4 nitrogen and oxygen atoms in total. The summed E-state index contributed by atoms with van der Waals surface area (Å²) >= 11 is 0. The van der Waals surface area contributed by atoms with Crippen molar-refractivity contribution < 1.29 is 37.0 Å². The second kappa shape index (κ2) is 5.11. The van der Waals surface area contributed by atoms with Gasteiger partial charge < -0.3 is 9.84 Å². The van der Waals surface area contributed by atoms with Gasteiger partial charge in [-0.15, -0.1) is 0 Å². The Balaban J connectivity index is 2.61. The number of carboxylic acids is 1. The number of hydrogen-bond donors (Lipinski definition) is 1. The third kappa shape index (κ3) is 3.58. The van der Waals surface area contributed by atoms with Crippen LogP contribution in [0, 0.1) is 0 Å². The summed E-state index contributed by atoms with van der Waals surface area (Å²) in [7, 11) is 0. The highest BCUT2D eigenvalue weighted by Gasteiger charge is 2.54. The van der Waals surface area contributed by atoms with Crippen molar-refractivity contribution >= 4 is 11.9 Å². The number of esters is 1. The van der Waals surface area contributed by atoms with Crippen LogP contribution in [0.3, 0.4) is 0 Å². The highest BCUT2D eigenvalue weighted by Crippen LogP contribution is 2.33. The molecule has 0 aromatic heterocycles. The van der Waals surface area contributed by atoms with Crippen molar-refractivity contribution in [2.75, 3.05) is 0 Å². The molecule has 0 bridgehead atoms. The lowest BCUT2D eigenvalue weighted by atomic mass is 10.1. The monoisotopic (exact) mass is 272 g/mol. The van der Waals surface area contributed by atoms with Crippen LogP contribution in [0.25, 0.3) is 0 Å². The maximum absolute atomic E-state index is 13.1.